The number of aryl methyl sites for hydroxylation is 4. The highest BCUT2D eigenvalue weighted by Crippen LogP contribution is 2.36. The average Bonchev–Trinajstić information content (AvgIpc) is 3.77. The molecule has 6 heterocycles. The summed E-state index contributed by atoms with van der Waals surface area (Å²) in [6, 6.07) is 7.77. The first-order valence-electron chi connectivity index (χ1n) is 15.2. The van der Waals surface area contributed by atoms with Gasteiger partial charge in [-0.2, -0.15) is 5.10 Å². The summed E-state index contributed by atoms with van der Waals surface area (Å²) in [5.41, 5.74) is 4.15. The number of hydrogen-bond donors (Lipinski definition) is 1. The second kappa shape index (κ2) is 11.4. The zero-order chi connectivity index (χ0) is 31.4. The number of benzene rings is 1. The minimum atomic E-state index is -0.189. The van der Waals surface area contributed by atoms with Gasteiger partial charge in [-0.15, -0.1) is 5.10 Å². The Morgan fingerprint density at radius 1 is 1.09 bits per heavy atom. The number of hydrogen-bond acceptors (Lipinski definition) is 8. The standard InChI is InChI=1S/C32H36ClN11O/c1-19-14-22(20(2)37-25-6-7-26(33)38-29(25)30-35-18-41(4)39-30)28-23(15-19)32(45)42(5)31-24(28)16-36-44(31)21-8-11-43(12-9-21)17-27-34-10-13-40(27)3/h6-7,10,13-16,18,20-21,37H,8-9,11-12,17H2,1-5H3. The number of likely N-dealkylation sites (tertiary alicyclic amines) is 1. The van der Waals surface area contributed by atoms with Crippen LogP contribution in [0.4, 0.5) is 5.69 Å². The predicted octanol–water partition coefficient (Wildman–Crippen LogP) is 4.78. The lowest BCUT2D eigenvalue weighted by molar-refractivity contribution is 0.170. The molecule has 232 valence electrons. The van der Waals surface area contributed by atoms with E-state index in [1.165, 1.54) is 0 Å². The maximum Gasteiger partial charge on any atom is 0.259 e. The molecule has 6 aromatic rings. The van der Waals surface area contributed by atoms with Crippen LogP contribution in [0.15, 0.2) is 54.0 Å². The third-order valence-corrected chi connectivity index (χ3v) is 9.12. The van der Waals surface area contributed by atoms with Gasteiger partial charge in [-0.25, -0.2) is 19.6 Å². The second-order valence-electron chi connectivity index (χ2n) is 12.1. The first kappa shape index (κ1) is 29.2. The van der Waals surface area contributed by atoms with E-state index in [2.05, 4.69) is 52.5 Å². The number of piperidine rings is 1. The quantitative estimate of drug-likeness (QED) is 0.252. The van der Waals surface area contributed by atoms with Gasteiger partial charge in [0.25, 0.3) is 5.56 Å². The van der Waals surface area contributed by atoms with Crippen LogP contribution >= 0.6 is 11.6 Å². The third-order valence-electron chi connectivity index (χ3n) is 8.90. The number of halogens is 1. The lowest BCUT2D eigenvalue weighted by atomic mass is 9.95. The Hall–Kier alpha value is -4.55. The van der Waals surface area contributed by atoms with Crippen molar-refractivity contribution in [1.29, 1.82) is 0 Å². The molecule has 0 spiro atoms. The Kier molecular flexibility index (Phi) is 7.41. The van der Waals surface area contributed by atoms with Crippen molar-refractivity contribution < 1.29 is 0 Å². The van der Waals surface area contributed by atoms with Crippen molar-refractivity contribution in [2.75, 3.05) is 18.4 Å². The lowest BCUT2D eigenvalue weighted by Gasteiger charge is -2.32. The highest BCUT2D eigenvalue weighted by molar-refractivity contribution is 6.29. The molecule has 0 aliphatic carbocycles. The van der Waals surface area contributed by atoms with Crippen LogP contribution in [0.3, 0.4) is 0 Å². The molecule has 12 nitrogen and oxygen atoms in total. The van der Waals surface area contributed by atoms with E-state index in [1.54, 1.807) is 21.6 Å². The van der Waals surface area contributed by atoms with Crippen molar-refractivity contribution in [3.05, 3.63) is 81.6 Å². The molecule has 1 fully saturated rings. The Bertz CT molecular complexity index is 2100. The summed E-state index contributed by atoms with van der Waals surface area (Å²) in [5, 5.41) is 15.9. The lowest BCUT2D eigenvalue weighted by Crippen LogP contribution is -2.35. The summed E-state index contributed by atoms with van der Waals surface area (Å²) in [5.74, 6) is 1.54. The van der Waals surface area contributed by atoms with Crippen molar-refractivity contribution in [1.82, 2.24) is 48.5 Å². The van der Waals surface area contributed by atoms with Gasteiger partial charge in [0.05, 0.1) is 24.5 Å². The summed E-state index contributed by atoms with van der Waals surface area (Å²) >= 11 is 6.28. The Balaban J connectivity index is 1.26. The SMILES string of the molecule is Cc1cc(C(C)Nc2ccc(Cl)nc2-c2ncn(C)n2)c2c(c1)c(=O)n(C)c1c2cnn1C1CCN(Cc2nccn2C)CC1. The number of aromatic nitrogens is 9. The number of fused-ring (bicyclic) bond motifs is 3. The van der Waals surface area contributed by atoms with Gasteiger partial charge in [0.2, 0.25) is 5.82 Å². The van der Waals surface area contributed by atoms with E-state index in [-0.39, 0.29) is 17.6 Å². The van der Waals surface area contributed by atoms with Gasteiger partial charge in [-0.05, 0) is 56.0 Å². The molecule has 1 aromatic carbocycles. The van der Waals surface area contributed by atoms with Crippen LogP contribution < -0.4 is 10.9 Å². The van der Waals surface area contributed by atoms with E-state index < -0.39 is 0 Å². The summed E-state index contributed by atoms with van der Waals surface area (Å²) in [4.78, 5) is 29.8. The molecule has 0 saturated carbocycles. The van der Waals surface area contributed by atoms with Crippen molar-refractivity contribution in [2.24, 2.45) is 21.1 Å². The van der Waals surface area contributed by atoms with E-state index in [1.807, 2.05) is 58.8 Å². The Labute approximate surface area is 265 Å². The van der Waals surface area contributed by atoms with Crippen LogP contribution in [0.25, 0.3) is 33.3 Å². The van der Waals surface area contributed by atoms with Gasteiger partial charge >= 0.3 is 0 Å². The van der Waals surface area contributed by atoms with Gasteiger partial charge in [0, 0.05) is 68.8 Å². The molecule has 1 saturated heterocycles. The molecule has 0 bridgehead atoms. The van der Waals surface area contributed by atoms with E-state index in [4.69, 9.17) is 16.7 Å². The number of anilines is 1. The molecule has 1 unspecified atom stereocenters. The maximum atomic E-state index is 13.9. The van der Waals surface area contributed by atoms with Crippen molar-refractivity contribution >= 4 is 39.1 Å². The van der Waals surface area contributed by atoms with Crippen LogP contribution in [0.2, 0.25) is 5.15 Å². The Morgan fingerprint density at radius 3 is 2.60 bits per heavy atom. The molecule has 13 heteroatoms. The van der Waals surface area contributed by atoms with Crippen LogP contribution in [-0.4, -0.2) is 61.6 Å². The van der Waals surface area contributed by atoms with E-state index in [9.17, 15) is 4.79 Å². The predicted molar refractivity (Wildman–Crippen MR) is 175 cm³/mol. The van der Waals surface area contributed by atoms with Crippen LogP contribution in [0.5, 0.6) is 0 Å². The zero-order valence-corrected chi connectivity index (χ0v) is 26.8. The minimum Gasteiger partial charge on any atom is -0.377 e. The summed E-state index contributed by atoms with van der Waals surface area (Å²) in [6.45, 7) is 6.81. The molecule has 1 atom stereocenters. The maximum absolute atomic E-state index is 13.9. The minimum absolute atomic E-state index is 0.0323. The normalized spacial score (nSPS) is 15.3. The Morgan fingerprint density at radius 2 is 1.89 bits per heavy atom. The summed E-state index contributed by atoms with van der Waals surface area (Å²) in [7, 11) is 5.70. The van der Waals surface area contributed by atoms with Gasteiger partial charge in [0.15, 0.2) is 0 Å². The van der Waals surface area contributed by atoms with Crippen molar-refractivity contribution in [2.45, 2.75) is 45.3 Å². The van der Waals surface area contributed by atoms with Gasteiger partial charge in [-0.1, -0.05) is 17.7 Å². The van der Waals surface area contributed by atoms with Gasteiger partial charge in [-0.3, -0.25) is 18.9 Å². The number of imidazole rings is 1. The monoisotopic (exact) mass is 625 g/mol. The third kappa shape index (κ3) is 5.27. The fraction of sp³-hybridized carbons (Fsp3) is 0.375. The van der Waals surface area contributed by atoms with Gasteiger partial charge in [0.1, 0.15) is 28.6 Å². The molecule has 1 N–H and O–H groups in total. The molecule has 1 aliphatic heterocycles. The fourth-order valence-corrected chi connectivity index (χ4v) is 6.74. The van der Waals surface area contributed by atoms with Gasteiger partial charge < -0.3 is 9.88 Å². The average molecular weight is 626 g/mol. The number of rotatable bonds is 7. The highest BCUT2D eigenvalue weighted by atomic mass is 35.5. The number of nitrogens with one attached hydrogen (secondary N) is 1. The summed E-state index contributed by atoms with van der Waals surface area (Å²) in [6.07, 6.45) is 9.28. The van der Waals surface area contributed by atoms with E-state index >= 15 is 0 Å². The van der Waals surface area contributed by atoms with Crippen LogP contribution in [0.1, 0.15) is 48.8 Å². The molecule has 1 aliphatic rings. The summed E-state index contributed by atoms with van der Waals surface area (Å²) < 4.78 is 7.54. The van der Waals surface area contributed by atoms with E-state index in [0.29, 0.717) is 22.1 Å². The first-order valence-corrected chi connectivity index (χ1v) is 15.5. The van der Waals surface area contributed by atoms with E-state index in [0.717, 1.165) is 71.5 Å². The second-order valence-corrected chi connectivity index (χ2v) is 12.5. The highest BCUT2D eigenvalue weighted by Gasteiger charge is 2.27. The number of nitrogens with zero attached hydrogens (tertiary/aromatic N) is 10. The topological polar surface area (TPSA) is 117 Å². The molecule has 45 heavy (non-hydrogen) atoms. The molecule has 0 amide bonds. The van der Waals surface area contributed by atoms with Crippen LogP contribution in [0, 0.1) is 6.92 Å². The smallest absolute Gasteiger partial charge is 0.259 e. The molecular weight excluding hydrogens is 590 g/mol. The molecule has 7 rings (SSSR count). The molecule has 5 aromatic heterocycles. The van der Waals surface area contributed by atoms with Crippen LogP contribution in [-0.2, 0) is 27.7 Å². The zero-order valence-electron chi connectivity index (χ0n) is 26.1. The van der Waals surface area contributed by atoms with Crippen molar-refractivity contribution in [3.8, 4) is 11.5 Å². The first-order chi connectivity index (χ1) is 21.7. The molecular formula is C32H36ClN11O. The van der Waals surface area contributed by atoms with Crippen molar-refractivity contribution in [3.63, 3.8) is 0 Å². The fourth-order valence-electron chi connectivity index (χ4n) is 6.59. The molecule has 0 radical (unpaired) electrons. The number of pyridine rings is 2. The largest absolute Gasteiger partial charge is 0.377 e.